The molecule has 1 heterocycles. The third-order valence-corrected chi connectivity index (χ3v) is 3.67. The molecule has 0 saturated heterocycles. The summed E-state index contributed by atoms with van der Waals surface area (Å²) < 4.78 is 5.46. The van der Waals surface area contributed by atoms with Gasteiger partial charge in [0.1, 0.15) is 5.75 Å². The summed E-state index contributed by atoms with van der Waals surface area (Å²) in [5.41, 5.74) is 1.46. The van der Waals surface area contributed by atoms with Gasteiger partial charge < -0.3 is 15.0 Å². The number of amides is 2. The number of benzene rings is 1. The zero-order valence-electron chi connectivity index (χ0n) is 12.4. The lowest BCUT2D eigenvalue weighted by atomic mass is 10.1. The Kier molecular flexibility index (Phi) is 3.57. The van der Waals surface area contributed by atoms with Gasteiger partial charge in [-0.2, -0.15) is 0 Å². The van der Waals surface area contributed by atoms with Crippen LogP contribution in [0.4, 0.5) is 11.4 Å². The lowest BCUT2D eigenvalue weighted by Crippen LogP contribution is -2.41. The molecule has 5 heteroatoms. The number of fused-ring (bicyclic) bond motifs is 1. The molecule has 1 aliphatic carbocycles. The van der Waals surface area contributed by atoms with E-state index in [2.05, 4.69) is 19.2 Å². The summed E-state index contributed by atoms with van der Waals surface area (Å²) in [5, 5.41) is 2.91. The molecule has 21 heavy (non-hydrogen) atoms. The van der Waals surface area contributed by atoms with Gasteiger partial charge in [0.15, 0.2) is 6.61 Å². The van der Waals surface area contributed by atoms with E-state index < -0.39 is 0 Å². The molecule has 0 aromatic heterocycles. The van der Waals surface area contributed by atoms with Crippen LogP contribution in [0.5, 0.6) is 5.75 Å². The molecule has 112 valence electrons. The van der Waals surface area contributed by atoms with Gasteiger partial charge in [-0.1, -0.05) is 13.8 Å². The number of anilines is 2. The number of ether oxygens (including phenoxy) is 1. The summed E-state index contributed by atoms with van der Waals surface area (Å²) in [4.78, 5) is 25.6. The minimum absolute atomic E-state index is 0.0399. The fraction of sp³-hybridized carbons (Fsp3) is 0.500. The zero-order chi connectivity index (χ0) is 15.0. The van der Waals surface area contributed by atoms with E-state index in [4.69, 9.17) is 4.74 Å². The second-order valence-corrected chi connectivity index (χ2v) is 6.13. The standard InChI is InChI=1S/C16H20N2O3/c1-10(2)8-18-13-7-12(17-16(20)11-3-4-11)5-6-14(13)21-9-15(18)19/h5-7,10-11H,3-4,8-9H2,1-2H3,(H,17,20). The molecule has 0 bridgehead atoms. The summed E-state index contributed by atoms with van der Waals surface area (Å²) in [6.07, 6.45) is 1.94. The van der Waals surface area contributed by atoms with E-state index >= 15 is 0 Å². The molecule has 1 N–H and O–H groups in total. The maximum absolute atomic E-state index is 12.1. The highest BCUT2D eigenvalue weighted by molar-refractivity contribution is 6.00. The Hall–Kier alpha value is -2.04. The topological polar surface area (TPSA) is 58.6 Å². The van der Waals surface area contributed by atoms with Crippen molar-refractivity contribution < 1.29 is 14.3 Å². The minimum atomic E-state index is -0.0399. The summed E-state index contributed by atoms with van der Waals surface area (Å²) >= 11 is 0. The van der Waals surface area contributed by atoms with Gasteiger partial charge >= 0.3 is 0 Å². The number of rotatable bonds is 4. The number of nitrogens with one attached hydrogen (secondary N) is 1. The van der Waals surface area contributed by atoms with Gasteiger partial charge in [-0.3, -0.25) is 9.59 Å². The van der Waals surface area contributed by atoms with Crippen molar-refractivity contribution in [2.24, 2.45) is 11.8 Å². The molecule has 3 rings (SSSR count). The number of carbonyl (C=O) groups is 2. The Morgan fingerprint density at radius 1 is 1.43 bits per heavy atom. The van der Waals surface area contributed by atoms with Crippen LogP contribution in [-0.2, 0) is 9.59 Å². The molecular formula is C16H20N2O3. The van der Waals surface area contributed by atoms with Crippen molar-refractivity contribution in [1.82, 2.24) is 0 Å². The van der Waals surface area contributed by atoms with Gasteiger partial charge in [0.05, 0.1) is 5.69 Å². The van der Waals surface area contributed by atoms with Crippen LogP contribution in [0.2, 0.25) is 0 Å². The molecule has 0 unspecified atom stereocenters. The average Bonchev–Trinajstić information content (AvgIpc) is 3.26. The number of hydrogen-bond donors (Lipinski definition) is 1. The average molecular weight is 288 g/mol. The normalized spacial score (nSPS) is 17.5. The molecule has 1 aliphatic heterocycles. The second-order valence-electron chi connectivity index (χ2n) is 6.13. The van der Waals surface area contributed by atoms with Gasteiger partial charge in [0.2, 0.25) is 5.91 Å². The quantitative estimate of drug-likeness (QED) is 0.925. The molecule has 1 aromatic carbocycles. The van der Waals surface area contributed by atoms with E-state index in [-0.39, 0.29) is 24.3 Å². The van der Waals surface area contributed by atoms with Gasteiger partial charge in [0.25, 0.3) is 5.91 Å². The molecule has 0 radical (unpaired) electrons. The lowest BCUT2D eigenvalue weighted by Gasteiger charge is -2.31. The Morgan fingerprint density at radius 2 is 2.19 bits per heavy atom. The summed E-state index contributed by atoms with van der Waals surface area (Å²) in [6.45, 7) is 4.87. The SMILES string of the molecule is CC(C)CN1C(=O)COc2ccc(NC(=O)C3CC3)cc21. The smallest absolute Gasteiger partial charge is 0.265 e. The van der Waals surface area contributed by atoms with Crippen LogP contribution < -0.4 is 15.0 Å². The van der Waals surface area contributed by atoms with Crippen LogP contribution in [-0.4, -0.2) is 25.0 Å². The van der Waals surface area contributed by atoms with Gasteiger partial charge in [-0.15, -0.1) is 0 Å². The number of hydrogen-bond acceptors (Lipinski definition) is 3. The van der Waals surface area contributed by atoms with Crippen LogP contribution in [0, 0.1) is 11.8 Å². The highest BCUT2D eigenvalue weighted by Gasteiger charge is 2.30. The maximum Gasteiger partial charge on any atom is 0.265 e. The van der Waals surface area contributed by atoms with Crippen LogP contribution in [0.1, 0.15) is 26.7 Å². The van der Waals surface area contributed by atoms with E-state index in [1.54, 1.807) is 4.90 Å². The highest BCUT2D eigenvalue weighted by Crippen LogP contribution is 2.36. The van der Waals surface area contributed by atoms with E-state index in [0.29, 0.717) is 18.2 Å². The highest BCUT2D eigenvalue weighted by atomic mass is 16.5. The molecule has 0 atom stereocenters. The largest absolute Gasteiger partial charge is 0.482 e. The molecule has 2 aliphatic rings. The fourth-order valence-electron chi connectivity index (χ4n) is 2.44. The molecule has 1 saturated carbocycles. The van der Waals surface area contributed by atoms with Crippen LogP contribution in [0.3, 0.4) is 0 Å². The maximum atomic E-state index is 12.1. The predicted molar refractivity (Wildman–Crippen MR) is 80.5 cm³/mol. The molecule has 5 nitrogen and oxygen atoms in total. The number of nitrogens with zero attached hydrogens (tertiary/aromatic N) is 1. The lowest BCUT2D eigenvalue weighted by molar-refractivity contribution is -0.121. The van der Waals surface area contributed by atoms with Crippen molar-refractivity contribution in [3.63, 3.8) is 0 Å². The van der Waals surface area contributed by atoms with E-state index in [1.807, 2.05) is 18.2 Å². The Bertz CT molecular complexity index is 579. The van der Waals surface area contributed by atoms with Crippen molar-refractivity contribution in [2.75, 3.05) is 23.4 Å². The number of carbonyl (C=O) groups excluding carboxylic acids is 2. The Labute approximate surface area is 124 Å². The van der Waals surface area contributed by atoms with E-state index in [0.717, 1.165) is 24.2 Å². The monoisotopic (exact) mass is 288 g/mol. The van der Waals surface area contributed by atoms with Gasteiger partial charge in [0, 0.05) is 18.2 Å². The van der Waals surface area contributed by atoms with Crippen LogP contribution in [0.25, 0.3) is 0 Å². The van der Waals surface area contributed by atoms with Gasteiger partial charge in [-0.05, 0) is 37.0 Å². The van der Waals surface area contributed by atoms with Gasteiger partial charge in [-0.25, -0.2) is 0 Å². The first-order chi connectivity index (χ1) is 10.0. The fourth-order valence-corrected chi connectivity index (χ4v) is 2.44. The van der Waals surface area contributed by atoms with E-state index in [1.165, 1.54) is 0 Å². The van der Waals surface area contributed by atoms with Crippen molar-refractivity contribution >= 4 is 23.2 Å². The van der Waals surface area contributed by atoms with Crippen molar-refractivity contribution in [2.45, 2.75) is 26.7 Å². The first-order valence-electron chi connectivity index (χ1n) is 7.42. The molecular weight excluding hydrogens is 268 g/mol. The van der Waals surface area contributed by atoms with Crippen molar-refractivity contribution in [1.29, 1.82) is 0 Å². The second kappa shape index (κ2) is 5.39. The van der Waals surface area contributed by atoms with Crippen molar-refractivity contribution in [3.05, 3.63) is 18.2 Å². The third-order valence-electron chi connectivity index (χ3n) is 3.67. The Balaban J connectivity index is 1.85. The summed E-state index contributed by atoms with van der Waals surface area (Å²) in [6, 6.07) is 5.47. The molecule has 1 aromatic rings. The van der Waals surface area contributed by atoms with Crippen molar-refractivity contribution in [3.8, 4) is 5.75 Å². The van der Waals surface area contributed by atoms with E-state index in [9.17, 15) is 9.59 Å². The predicted octanol–water partition coefficient (Wildman–Crippen LogP) is 2.42. The first kappa shape index (κ1) is 13.9. The first-order valence-corrected chi connectivity index (χ1v) is 7.42. The molecule has 0 spiro atoms. The molecule has 1 fully saturated rings. The minimum Gasteiger partial charge on any atom is -0.482 e. The molecule has 2 amide bonds. The zero-order valence-corrected chi connectivity index (χ0v) is 12.4. The van der Waals surface area contributed by atoms with Crippen LogP contribution >= 0.6 is 0 Å². The summed E-state index contributed by atoms with van der Waals surface area (Å²) in [5.74, 6) is 1.24. The summed E-state index contributed by atoms with van der Waals surface area (Å²) in [7, 11) is 0. The van der Waals surface area contributed by atoms with Crippen LogP contribution in [0.15, 0.2) is 18.2 Å². The Morgan fingerprint density at radius 3 is 2.86 bits per heavy atom. The third kappa shape index (κ3) is 3.01.